The van der Waals surface area contributed by atoms with Gasteiger partial charge in [0, 0.05) is 38.4 Å². The Bertz CT molecular complexity index is 1100. The number of benzene rings is 2. The first kappa shape index (κ1) is 35.2. The van der Waals surface area contributed by atoms with Crippen LogP contribution in [0.25, 0.3) is 0 Å². The van der Waals surface area contributed by atoms with Crippen LogP contribution in [-0.2, 0) is 36.5 Å². The SMILES string of the molecule is CCCCOC[C@H]1O[C@@H](c2cc(Cc3ccccc3)c(Cl)c3c2CCO3)[C@H](OCCCC)[C@@H](OCCCC)[C@@H]1OCCCC. The number of fused-ring (bicyclic) bond motifs is 1. The Kier molecular flexibility index (Phi) is 15.3. The van der Waals surface area contributed by atoms with Gasteiger partial charge < -0.3 is 28.4 Å². The van der Waals surface area contributed by atoms with Crippen LogP contribution >= 0.6 is 11.6 Å². The van der Waals surface area contributed by atoms with E-state index in [1.165, 1.54) is 5.56 Å². The van der Waals surface area contributed by atoms with E-state index in [9.17, 15) is 0 Å². The molecule has 4 rings (SSSR count). The summed E-state index contributed by atoms with van der Waals surface area (Å²) in [5.41, 5.74) is 4.43. The first-order chi connectivity index (χ1) is 21.6. The zero-order valence-corrected chi connectivity index (χ0v) is 28.2. The second-order valence-corrected chi connectivity index (χ2v) is 12.5. The molecule has 2 aliphatic rings. The highest BCUT2D eigenvalue weighted by atomic mass is 35.5. The number of rotatable bonds is 20. The molecular formula is C37H55ClO6. The fourth-order valence-electron chi connectivity index (χ4n) is 6.02. The molecule has 2 aromatic rings. The van der Waals surface area contributed by atoms with Gasteiger partial charge in [0.05, 0.1) is 18.2 Å². The van der Waals surface area contributed by atoms with Crippen molar-refractivity contribution in [2.24, 2.45) is 0 Å². The molecule has 5 atom stereocenters. The Morgan fingerprint density at radius 3 is 2.05 bits per heavy atom. The van der Waals surface area contributed by atoms with Gasteiger partial charge in [-0.2, -0.15) is 0 Å². The third kappa shape index (κ3) is 9.43. The number of unbranched alkanes of at least 4 members (excludes halogenated alkanes) is 4. The van der Waals surface area contributed by atoms with Gasteiger partial charge in [-0.3, -0.25) is 0 Å². The Labute approximate surface area is 271 Å². The van der Waals surface area contributed by atoms with E-state index in [4.69, 9.17) is 40.0 Å². The molecule has 246 valence electrons. The van der Waals surface area contributed by atoms with Crippen LogP contribution in [0.5, 0.6) is 5.75 Å². The van der Waals surface area contributed by atoms with E-state index in [1.54, 1.807) is 0 Å². The highest BCUT2D eigenvalue weighted by molar-refractivity contribution is 6.33. The zero-order chi connectivity index (χ0) is 31.1. The molecule has 0 N–H and O–H groups in total. The van der Waals surface area contributed by atoms with Crippen molar-refractivity contribution in [2.75, 3.05) is 39.6 Å². The molecule has 2 heterocycles. The van der Waals surface area contributed by atoms with Crippen molar-refractivity contribution in [3.05, 3.63) is 63.7 Å². The van der Waals surface area contributed by atoms with Crippen molar-refractivity contribution in [3.8, 4) is 5.75 Å². The smallest absolute Gasteiger partial charge is 0.141 e. The minimum atomic E-state index is -0.369. The van der Waals surface area contributed by atoms with Crippen LogP contribution in [0.4, 0.5) is 0 Å². The van der Waals surface area contributed by atoms with Gasteiger partial charge in [0.1, 0.15) is 36.3 Å². The molecule has 0 aliphatic carbocycles. The first-order valence-corrected chi connectivity index (χ1v) is 17.6. The Morgan fingerprint density at radius 1 is 0.773 bits per heavy atom. The van der Waals surface area contributed by atoms with E-state index in [0.717, 1.165) is 80.2 Å². The molecule has 0 aromatic heterocycles. The molecule has 44 heavy (non-hydrogen) atoms. The molecular weight excluding hydrogens is 576 g/mol. The van der Waals surface area contributed by atoms with Crippen molar-refractivity contribution in [1.29, 1.82) is 0 Å². The van der Waals surface area contributed by atoms with Crippen molar-refractivity contribution in [3.63, 3.8) is 0 Å². The van der Waals surface area contributed by atoms with Crippen molar-refractivity contribution >= 4 is 11.6 Å². The average molecular weight is 631 g/mol. The van der Waals surface area contributed by atoms with Crippen LogP contribution in [0.2, 0.25) is 5.02 Å². The standard InChI is InChI=1S/C37H55ClO6/c1-5-9-19-39-26-31-35(40-20-10-6-2)37(42-22-12-8-4)36(41-21-11-7-3)34(44-31)30-25-28(24-27-16-14-13-15-17-27)32(38)33-29(30)18-23-43-33/h13-17,25,31,34-37H,5-12,18-24,26H2,1-4H3/t31-,34+,35-,36+,37+/m1/s1. The molecule has 0 spiro atoms. The van der Waals surface area contributed by atoms with Gasteiger partial charge in [-0.15, -0.1) is 0 Å². The molecule has 1 fully saturated rings. The Hall–Kier alpha value is -1.67. The average Bonchev–Trinajstić information content (AvgIpc) is 3.54. The molecule has 2 aromatic carbocycles. The van der Waals surface area contributed by atoms with Gasteiger partial charge in [-0.05, 0) is 48.8 Å². The zero-order valence-electron chi connectivity index (χ0n) is 27.5. The van der Waals surface area contributed by atoms with E-state index >= 15 is 0 Å². The molecule has 0 saturated carbocycles. The summed E-state index contributed by atoms with van der Waals surface area (Å²) in [5.74, 6) is 0.784. The summed E-state index contributed by atoms with van der Waals surface area (Å²) in [6, 6.07) is 12.7. The van der Waals surface area contributed by atoms with E-state index < -0.39 is 0 Å². The molecule has 7 heteroatoms. The lowest BCUT2D eigenvalue weighted by molar-refractivity contribution is -0.268. The van der Waals surface area contributed by atoms with Gasteiger partial charge in [0.2, 0.25) is 0 Å². The second kappa shape index (κ2) is 19.1. The van der Waals surface area contributed by atoms with Crippen LogP contribution in [0.1, 0.15) is 107 Å². The summed E-state index contributed by atoms with van der Waals surface area (Å²) in [6.45, 7) is 12.4. The topological polar surface area (TPSA) is 55.4 Å². The lowest BCUT2D eigenvalue weighted by atomic mass is 9.86. The van der Waals surface area contributed by atoms with Gasteiger partial charge in [-0.25, -0.2) is 0 Å². The van der Waals surface area contributed by atoms with E-state index in [2.05, 4.69) is 58.0 Å². The lowest BCUT2D eigenvalue weighted by Gasteiger charge is -2.47. The Balaban J connectivity index is 1.76. The fourth-order valence-corrected chi connectivity index (χ4v) is 6.31. The van der Waals surface area contributed by atoms with Crippen molar-refractivity contribution < 1.29 is 28.4 Å². The maximum atomic E-state index is 7.09. The van der Waals surface area contributed by atoms with E-state index in [-0.39, 0.29) is 30.5 Å². The third-order valence-electron chi connectivity index (χ3n) is 8.56. The monoisotopic (exact) mass is 630 g/mol. The van der Waals surface area contributed by atoms with Gasteiger partial charge in [0.15, 0.2) is 0 Å². The largest absolute Gasteiger partial charge is 0.491 e. The van der Waals surface area contributed by atoms with Gasteiger partial charge >= 0.3 is 0 Å². The molecule has 6 nitrogen and oxygen atoms in total. The predicted molar refractivity (Wildman–Crippen MR) is 177 cm³/mol. The van der Waals surface area contributed by atoms with Crippen LogP contribution < -0.4 is 4.74 Å². The van der Waals surface area contributed by atoms with Crippen molar-refractivity contribution in [1.82, 2.24) is 0 Å². The minimum Gasteiger partial charge on any atom is -0.491 e. The summed E-state index contributed by atoms with van der Waals surface area (Å²) in [5, 5.41) is 0.695. The van der Waals surface area contributed by atoms with Gasteiger partial charge in [0.25, 0.3) is 0 Å². The minimum absolute atomic E-state index is 0.289. The van der Waals surface area contributed by atoms with Crippen molar-refractivity contribution in [2.45, 2.75) is 122 Å². The second-order valence-electron chi connectivity index (χ2n) is 12.1. The highest BCUT2D eigenvalue weighted by Crippen LogP contribution is 2.46. The van der Waals surface area contributed by atoms with Crippen LogP contribution in [0.3, 0.4) is 0 Å². The number of halogens is 1. The summed E-state index contributed by atoms with van der Waals surface area (Å²) in [4.78, 5) is 0. The molecule has 0 radical (unpaired) electrons. The quantitative estimate of drug-likeness (QED) is 0.136. The fraction of sp³-hybridized carbons (Fsp3) is 0.676. The lowest BCUT2D eigenvalue weighted by Crippen LogP contribution is -2.58. The number of ether oxygens (including phenoxy) is 6. The van der Waals surface area contributed by atoms with E-state index in [1.807, 2.05) is 6.07 Å². The summed E-state index contributed by atoms with van der Waals surface area (Å²) >= 11 is 7.03. The molecule has 0 unspecified atom stereocenters. The van der Waals surface area contributed by atoms with E-state index in [0.29, 0.717) is 51.1 Å². The highest BCUT2D eigenvalue weighted by Gasteiger charge is 2.49. The maximum Gasteiger partial charge on any atom is 0.141 e. The number of hydrogen-bond acceptors (Lipinski definition) is 6. The van der Waals surface area contributed by atoms with Crippen LogP contribution in [-0.4, -0.2) is 64.1 Å². The first-order valence-electron chi connectivity index (χ1n) is 17.2. The summed E-state index contributed by atoms with van der Waals surface area (Å²) < 4.78 is 39.6. The molecule has 1 saturated heterocycles. The predicted octanol–water partition coefficient (Wildman–Crippen LogP) is 8.68. The number of hydrogen-bond donors (Lipinski definition) is 0. The summed E-state index contributed by atoms with van der Waals surface area (Å²) in [7, 11) is 0. The van der Waals surface area contributed by atoms with Crippen LogP contribution in [0, 0.1) is 0 Å². The summed E-state index contributed by atoms with van der Waals surface area (Å²) in [6.07, 6.45) is 8.12. The Morgan fingerprint density at radius 2 is 1.39 bits per heavy atom. The third-order valence-corrected chi connectivity index (χ3v) is 8.97. The molecule has 2 aliphatic heterocycles. The van der Waals surface area contributed by atoms with Gasteiger partial charge in [-0.1, -0.05) is 101 Å². The maximum absolute atomic E-state index is 7.09. The molecule has 0 bridgehead atoms. The van der Waals surface area contributed by atoms with Crippen LogP contribution in [0.15, 0.2) is 36.4 Å². The normalized spacial score (nSPS) is 23.1. The molecule has 0 amide bonds.